The number of rotatable bonds is 1. The molecule has 14 heavy (non-hydrogen) atoms. The molecule has 2 unspecified atom stereocenters. The van der Waals surface area contributed by atoms with Crippen molar-refractivity contribution in [2.45, 2.75) is 52.7 Å². The second-order valence-corrected chi connectivity index (χ2v) is 6.58. The van der Waals surface area contributed by atoms with Crippen LogP contribution in [-0.4, -0.2) is 14.0 Å². The van der Waals surface area contributed by atoms with Crippen LogP contribution in [0, 0.1) is 16.7 Å². The molecule has 0 aromatic rings. The molecule has 2 atom stereocenters. The maximum atomic E-state index is 5.59. The number of hydrogen-bond acceptors (Lipinski definition) is 1. The maximum Gasteiger partial charge on any atom is 0.293 e. The normalized spacial score (nSPS) is 48.0. The van der Waals surface area contributed by atoms with Gasteiger partial charge in [-0.2, -0.15) is 0 Å². The predicted octanol–water partition coefficient (Wildman–Crippen LogP) is 3.47. The van der Waals surface area contributed by atoms with Crippen molar-refractivity contribution in [3.8, 4) is 0 Å². The lowest BCUT2D eigenvalue weighted by Crippen LogP contribution is -2.46. The molecule has 0 aromatic heterocycles. The van der Waals surface area contributed by atoms with Gasteiger partial charge in [0.25, 0.3) is 6.92 Å². The minimum atomic E-state index is 0.520. The van der Waals surface area contributed by atoms with E-state index in [2.05, 4.69) is 20.8 Å². The number of hydrogen-bond donors (Lipinski definition) is 0. The molecule has 0 radical (unpaired) electrons. The van der Waals surface area contributed by atoms with Crippen molar-refractivity contribution in [1.82, 2.24) is 0 Å². The monoisotopic (exact) mass is 194 g/mol. The van der Waals surface area contributed by atoms with Crippen LogP contribution in [0.2, 0.25) is 12.6 Å². The lowest BCUT2D eigenvalue weighted by atomic mass is 9.37. The molecule has 1 heterocycles. The zero-order valence-electron chi connectivity index (χ0n) is 10.1. The molecule has 0 aromatic carbocycles. The van der Waals surface area contributed by atoms with E-state index < -0.39 is 0 Å². The van der Waals surface area contributed by atoms with Gasteiger partial charge in [0.2, 0.25) is 0 Å². The molecule has 1 aliphatic carbocycles. The summed E-state index contributed by atoms with van der Waals surface area (Å²) in [5, 5.41) is 0. The Morgan fingerprint density at radius 2 is 1.64 bits per heavy atom. The molecule has 2 bridgehead atoms. The largest absolute Gasteiger partial charge is 0.438 e. The second kappa shape index (κ2) is 3.26. The van der Waals surface area contributed by atoms with Gasteiger partial charge in [-0.3, -0.25) is 0 Å². The van der Waals surface area contributed by atoms with Crippen molar-refractivity contribution in [3.63, 3.8) is 0 Å². The Balaban J connectivity index is 2.18. The van der Waals surface area contributed by atoms with Crippen LogP contribution in [-0.2, 0) is 4.65 Å². The van der Waals surface area contributed by atoms with Crippen LogP contribution in [0.25, 0.3) is 0 Å². The van der Waals surface area contributed by atoms with Gasteiger partial charge in [0.15, 0.2) is 0 Å². The molecular formula is C12H23BO. The van der Waals surface area contributed by atoms with Crippen LogP contribution in [0.3, 0.4) is 0 Å². The van der Waals surface area contributed by atoms with Crippen LogP contribution in [0.5, 0.6) is 0 Å². The first kappa shape index (κ1) is 10.5. The van der Waals surface area contributed by atoms with E-state index >= 15 is 0 Å². The Labute approximate surface area is 88.7 Å². The fourth-order valence-corrected chi connectivity index (χ4v) is 4.58. The molecule has 1 aliphatic heterocycles. The zero-order valence-corrected chi connectivity index (χ0v) is 10.1. The Kier molecular flexibility index (Phi) is 2.46. The average molecular weight is 194 g/mol. The third-order valence-electron chi connectivity index (χ3n) is 4.31. The van der Waals surface area contributed by atoms with E-state index in [0.29, 0.717) is 17.7 Å². The molecule has 0 spiro atoms. The Hall–Kier alpha value is 0.0249. The SMILES string of the molecule is COB1CC2(C)CC(C)CC(C)(C1)C2. The summed E-state index contributed by atoms with van der Waals surface area (Å²) in [4.78, 5) is 0. The minimum absolute atomic E-state index is 0.520. The zero-order chi connectivity index (χ0) is 10.4. The van der Waals surface area contributed by atoms with Crippen LogP contribution in [0.1, 0.15) is 40.0 Å². The first-order valence-corrected chi connectivity index (χ1v) is 5.98. The Morgan fingerprint density at radius 1 is 1.14 bits per heavy atom. The highest BCUT2D eigenvalue weighted by Gasteiger charge is 2.49. The van der Waals surface area contributed by atoms with Gasteiger partial charge in [0.1, 0.15) is 0 Å². The van der Waals surface area contributed by atoms with Gasteiger partial charge in [-0.05, 0) is 48.7 Å². The van der Waals surface area contributed by atoms with Crippen LogP contribution in [0.15, 0.2) is 0 Å². The van der Waals surface area contributed by atoms with Gasteiger partial charge in [-0.15, -0.1) is 0 Å². The van der Waals surface area contributed by atoms with Gasteiger partial charge in [-0.1, -0.05) is 20.8 Å². The fraction of sp³-hybridized carbons (Fsp3) is 1.00. The summed E-state index contributed by atoms with van der Waals surface area (Å²) in [6.07, 6.45) is 6.79. The average Bonchev–Trinajstić information content (AvgIpc) is 1.97. The molecule has 1 saturated carbocycles. The van der Waals surface area contributed by atoms with Gasteiger partial charge < -0.3 is 4.65 Å². The summed E-state index contributed by atoms with van der Waals surface area (Å²) in [7, 11) is 1.88. The van der Waals surface area contributed by atoms with Crippen LogP contribution < -0.4 is 0 Å². The molecule has 2 fully saturated rings. The summed E-state index contributed by atoms with van der Waals surface area (Å²) >= 11 is 0. The quantitative estimate of drug-likeness (QED) is 0.580. The van der Waals surface area contributed by atoms with E-state index in [1.807, 2.05) is 7.11 Å². The van der Waals surface area contributed by atoms with Crippen LogP contribution in [0.4, 0.5) is 0 Å². The molecule has 2 rings (SSSR count). The van der Waals surface area contributed by atoms with Gasteiger partial charge >= 0.3 is 0 Å². The first-order chi connectivity index (χ1) is 6.45. The van der Waals surface area contributed by atoms with Crippen molar-refractivity contribution in [1.29, 1.82) is 0 Å². The Bertz CT molecular complexity index is 210. The highest BCUT2D eigenvalue weighted by atomic mass is 16.4. The van der Waals surface area contributed by atoms with Crippen molar-refractivity contribution in [2.75, 3.05) is 7.11 Å². The minimum Gasteiger partial charge on any atom is -0.438 e. The van der Waals surface area contributed by atoms with E-state index in [0.717, 1.165) is 5.92 Å². The van der Waals surface area contributed by atoms with E-state index in [4.69, 9.17) is 4.65 Å². The molecule has 0 amide bonds. The summed E-state index contributed by atoms with van der Waals surface area (Å²) in [6.45, 7) is 7.87. The highest BCUT2D eigenvalue weighted by molar-refractivity contribution is 6.52. The second-order valence-electron chi connectivity index (χ2n) is 6.58. The van der Waals surface area contributed by atoms with Gasteiger partial charge in [0.05, 0.1) is 0 Å². The topological polar surface area (TPSA) is 9.23 Å². The molecule has 80 valence electrons. The smallest absolute Gasteiger partial charge is 0.293 e. The van der Waals surface area contributed by atoms with Crippen molar-refractivity contribution in [3.05, 3.63) is 0 Å². The third-order valence-corrected chi connectivity index (χ3v) is 4.31. The lowest BCUT2D eigenvalue weighted by molar-refractivity contribution is 0.0536. The molecular weight excluding hydrogens is 171 g/mol. The van der Waals surface area contributed by atoms with Crippen molar-refractivity contribution in [2.24, 2.45) is 16.7 Å². The van der Waals surface area contributed by atoms with Gasteiger partial charge in [-0.25, -0.2) is 0 Å². The molecule has 2 aliphatic rings. The first-order valence-electron chi connectivity index (χ1n) is 5.98. The predicted molar refractivity (Wildman–Crippen MR) is 61.6 cm³/mol. The summed E-state index contributed by atoms with van der Waals surface area (Å²) in [5.41, 5.74) is 1.12. The highest BCUT2D eigenvalue weighted by Crippen LogP contribution is 2.57. The molecule has 1 saturated heterocycles. The standard InChI is InChI=1S/C12H23BO/c1-10-5-11(2)7-12(3,6-10)9-13(8-11)14-4/h10H,5-9H2,1-4H3. The van der Waals surface area contributed by atoms with Crippen LogP contribution >= 0.6 is 0 Å². The molecule has 1 nitrogen and oxygen atoms in total. The van der Waals surface area contributed by atoms with E-state index in [-0.39, 0.29) is 0 Å². The lowest BCUT2D eigenvalue weighted by Gasteiger charge is -2.53. The fourth-order valence-electron chi connectivity index (χ4n) is 4.58. The number of fused-ring (bicyclic) bond motifs is 2. The summed E-state index contributed by atoms with van der Waals surface area (Å²) in [5.74, 6) is 0.913. The van der Waals surface area contributed by atoms with Crippen molar-refractivity contribution < 1.29 is 4.65 Å². The molecule has 0 N–H and O–H groups in total. The van der Waals surface area contributed by atoms with Gasteiger partial charge in [0, 0.05) is 7.11 Å². The van der Waals surface area contributed by atoms with E-state index in [9.17, 15) is 0 Å². The van der Waals surface area contributed by atoms with E-state index in [1.54, 1.807) is 0 Å². The summed E-state index contributed by atoms with van der Waals surface area (Å²) < 4.78 is 5.59. The summed E-state index contributed by atoms with van der Waals surface area (Å²) in [6, 6.07) is 0. The third kappa shape index (κ3) is 1.86. The molecule has 2 heteroatoms. The Morgan fingerprint density at radius 3 is 2.07 bits per heavy atom. The maximum absolute atomic E-state index is 5.59. The van der Waals surface area contributed by atoms with E-state index in [1.165, 1.54) is 31.9 Å². The van der Waals surface area contributed by atoms with Crippen molar-refractivity contribution >= 4 is 6.92 Å².